The molecule has 8 heteroatoms. The number of hydrogen-bond acceptors (Lipinski definition) is 6. The molecule has 8 nitrogen and oxygen atoms in total. The fourth-order valence-corrected chi connectivity index (χ4v) is 5.32. The van der Waals surface area contributed by atoms with E-state index >= 15 is 0 Å². The molecule has 0 aliphatic rings. The predicted octanol–water partition coefficient (Wildman–Crippen LogP) is 6.13. The predicted molar refractivity (Wildman–Crippen MR) is 189 cm³/mol. The van der Waals surface area contributed by atoms with Crippen LogP contribution in [0.1, 0.15) is 55.7 Å². The normalized spacial score (nSPS) is 13.3. The number of carbonyl (C=O) groups excluding carboxylic acids is 3. The first-order valence-corrected chi connectivity index (χ1v) is 16.7. The summed E-state index contributed by atoms with van der Waals surface area (Å²) in [6.07, 6.45) is 6.90. The van der Waals surface area contributed by atoms with Crippen molar-refractivity contribution < 1.29 is 29.0 Å². The average molecular weight is 655 g/mol. The molecule has 48 heavy (non-hydrogen) atoms. The van der Waals surface area contributed by atoms with Crippen LogP contribution in [0.2, 0.25) is 0 Å². The Balaban J connectivity index is 1.73. The summed E-state index contributed by atoms with van der Waals surface area (Å²) >= 11 is 0. The second kappa shape index (κ2) is 21.2. The Morgan fingerprint density at radius 2 is 1.46 bits per heavy atom. The second-order valence-corrected chi connectivity index (χ2v) is 12.1. The summed E-state index contributed by atoms with van der Waals surface area (Å²) in [5, 5.41) is 15.0. The van der Waals surface area contributed by atoms with Crippen LogP contribution >= 0.6 is 0 Å². The summed E-state index contributed by atoms with van der Waals surface area (Å²) in [6.45, 7) is 9.46. The van der Waals surface area contributed by atoms with Gasteiger partial charge in [0.1, 0.15) is 19.0 Å². The Kier molecular flexibility index (Phi) is 16.7. The smallest absolute Gasteiger partial charge is 0.309 e. The van der Waals surface area contributed by atoms with Crippen molar-refractivity contribution in [2.24, 2.45) is 11.8 Å². The van der Waals surface area contributed by atoms with Gasteiger partial charge < -0.3 is 25.2 Å². The standard InChI is InChI=1S/C40H50N2O6/c1-4-6-9-19-35(24-31-15-10-7-11-16-31)40(46)48-29-36(42-39(45)34(14-5-2)26-38(44)41-30(3)27-43)25-32-20-22-37(23-21-32)47-28-33-17-12-8-13-18-33/h4-5,7-8,10-13,15-18,20-23,30,34-36,43H,1-2,6,9,14,19,24-29H2,3H3,(H,41,44)(H,42,45)/t30-,34+,35+,36-/m0/s1. The highest BCUT2D eigenvalue weighted by Gasteiger charge is 2.26. The Hall–Kier alpha value is -4.69. The lowest BCUT2D eigenvalue weighted by atomic mass is 9.94. The lowest BCUT2D eigenvalue weighted by Crippen LogP contribution is -2.45. The third kappa shape index (κ3) is 14.0. The van der Waals surface area contributed by atoms with Crippen molar-refractivity contribution in [3.8, 4) is 5.75 Å². The molecule has 3 aromatic carbocycles. The highest BCUT2D eigenvalue weighted by Crippen LogP contribution is 2.20. The van der Waals surface area contributed by atoms with Crippen molar-refractivity contribution in [3.63, 3.8) is 0 Å². The van der Waals surface area contributed by atoms with Crippen LogP contribution in [0, 0.1) is 11.8 Å². The maximum absolute atomic E-state index is 13.5. The van der Waals surface area contributed by atoms with E-state index in [0.717, 1.165) is 29.5 Å². The number of unbranched alkanes of at least 4 members (excludes halogenated alkanes) is 1. The van der Waals surface area contributed by atoms with Crippen molar-refractivity contribution in [3.05, 3.63) is 127 Å². The zero-order valence-corrected chi connectivity index (χ0v) is 28.0. The molecule has 3 rings (SSSR count). The Labute approximate surface area is 285 Å². The molecule has 0 aromatic heterocycles. The van der Waals surface area contributed by atoms with Gasteiger partial charge in [-0.15, -0.1) is 13.2 Å². The van der Waals surface area contributed by atoms with Gasteiger partial charge in [0, 0.05) is 12.5 Å². The number of carbonyl (C=O) groups is 3. The number of amides is 2. The second-order valence-electron chi connectivity index (χ2n) is 12.1. The maximum atomic E-state index is 13.5. The maximum Gasteiger partial charge on any atom is 0.309 e. The van der Waals surface area contributed by atoms with Gasteiger partial charge in [-0.3, -0.25) is 14.4 Å². The highest BCUT2D eigenvalue weighted by molar-refractivity contribution is 5.86. The van der Waals surface area contributed by atoms with Crippen LogP contribution in [-0.2, 0) is 38.6 Å². The molecular weight excluding hydrogens is 604 g/mol. The van der Waals surface area contributed by atoms with Gasteiger partial charge in [0.05, 0.1) is 24.5 Å². The summed E-state index contributed by atoms with van der Waals surface area (Å²) in [7, 11) is 0. The molecule has 4 atom stereocenters. The van der Waals surface area contributed by atoms with Crippen LogP contribution in [0.3, 0.4) is 0 Å². The van der Waals surface area contributed by atoms with Gasteiger partial charge in [-0.25, -0.2) is 0 Å². The Morgan fingerprint density at radius 1 is 0.812 bits per heavy atom. The molecule has 0 aliphatic carbocycles. The van der Waals surface area contributed by atoms with Gasteiger partial charge in [-0.2, -0.15) is 0 Å². The molecule has 0 spiro atoms. The van der Waals surface area contributed by atoms with Gasteiger partial charge in [-0.05, 0) is 74.3 Å². The third-order valence-electron chi connectivity index (χ3n) is 7.98. The van der Waals surface area contributed by atoms with Crippen LogP contribution in [-0.4, -0.2) is 48.2 Å². The molecule has 2 amide bonds. The van der Waals surface area contributed by atoms with E-state index in [9.17, 15) is 19.5 Å². The Morgan fingerprint density at radius 3 is 2.08 bits per heavy atom. The summed E-state index contributed by atoms with van der Waals surface area (Å²) in [5.74, 6) is -1.28. The number of benzene rings is 3. The minimum Gasteiger partial charge on any atom is -0.489 e. The van der Waals surface area contributed by atoms with Gasteiger partial charge >= 0.3 is 5.97 Å². The van der Waals surface area contributed by atoms with Crippen molar-refractivity contribution in [1.82, 2.24) is 10.6 Å². The van der Waals surface area contributed by atoms with Crippen LogP contribution in [0.15, 0.2) is 110 Å². The minimum absolute atomic E-state index is 0.0296. The van der Waals surface area contributed by atoms with E-state index in [1.165, 1.54) is 0 Å². The number of aliphatic hydroxyl groups excluding tert-OH is 1. The van der Waals surface area contributed by atoms with Crippen LogP contribution in [0.4, 0.5) is 0 Å². The molecule has 0 saturated carbocycles. The third-order valence-corrected chi connectivity index (χ3v) is 7.98. The SMILES string of the molecule is C=CCCC[C@H](Cc1ccccc1)C(=O)OC[C@H](Cc1ccc(OCc2ccccc2)cc1)NC(=O)[C@H](CC=C)CC(=O)N[C@@H](C)CO. The van der Waals surface area contributed by atoms with E-state index in [2.05, 4.69) is 23.8 Å². The lowest BCUT2D eigenvalue weighted by Gasteiger charge is -2.24. The zero-order valence-electron chi connectivity index (χ0n) is 28.0. The summed E-state index contributed by atoms with van der Waals surface area (Å²) in [6, 6.07) is 26.4. The first-order valence-electron chi connectivity index (χ1n) is 16.7. The number of ether oxygens (including phenoxy) is 2. The molecule has 0 fully saturated rings. The molecule has 0 unspecified atom stereocenters. The number of nitrogens with one attached hydrogen (secondary N) is 2. The van der Waals surface area contributed by atoms with E-state index in [1.807, 2.05) is 91.0 Å². The fraction of sp³-hybridized carbons (Fsp3) is 0.375. The van der Waals surface area contributed by atoms with E-state index in [0.29, 0.717) is 31.6 Å². The lowest BCUT2D eigenvalue weighted by molar-refractivity contribution is -0.150. The molecule has 3 N–H and O–H groups in total. The number of aliphatic hydroxyl groups is 1. The largest absolute Gasteiger partial charge is 0.489 e. The highest BCUT2D eigenvalue weighted by atomic mass is 16.5. The van der Waals surface area contributed by atoms with E-state index in [-0.39, 0.29) is 49.8 Å². The van der Waals surface area contributed by atoms with Gasteiger partial charge in [0.25, 0.3) is 0 Å². The first-order chi connectivity index (χ1) is 23.3. The Bertz CT molecular complexity index is 1410. The van der Waals surface area contributed by atoms with Gasteiger partial charge in [0.15, 0.2) is 0 Å². The summed E-state index contributed by atoms with van der Waals surface area (Å²) in [4.78, 5) is 39.6. The topological polar surface area (TPSA) is 114 Å². The average Bonchev–Trinajstić information content (AvgIpc) is 3.10. The molecule has 0 radical (unpaired) electrons. The number of allylic oxidation sites excluding steroid dienone is 2. The molecule has 3 aromatic rings. The van der Waals surface area contributed by atoms with E-state index in [1.54, 1.807) is 13.0 Å². The van der Waals surface area contributed by atoms with Gasteiger partial charge in [-0.1, -0.05) is 84.9 Å². The minimum atomic E-state index is -0.676. The number of rotatable bonds is 22. The van der Waals surface area contributed by atoms with Crippen molar-refractivity contribution in [2.75, 3.05) is 13.2 Å². The number of esters is 1. The first kappa shape index (κ1) is 37.8. The van der Waals surface area contributed by atoms with Crippen molar-refractivity contribution in [1.29, 1.82) is 0 Å². The van der Waals surface area contributed by atoms with Gasteiger partial charge in [0.2, 0.25) is 11.8 Å². The molecule has 0 heterocycles. The summed E-state index contributed by atoms with van der Waals surface area (Å²) < 4.78 is 11.8. The summed E-state index contributed by atoms with van der Waals surface area (Å²) in [5.41, 5.74) is 3.04. The van der Waals surface area contributed by atoms with E-state index in [4.69, 9.17) is 9.47 Å². The molecule has 256 valence electrons. The van der Waals surface area contributed by atoms with E-state index < -0.39 is 18.0 Å². The van der Waals surface area contributed by atoms with Crippen molar-refractivity contribution in [2.45, 2.75) is 70.6 Å². The number of hydrogen-bond donors (Lipinski definition) is 3. The van der Waals surface area contributed by atoms with Crippen LogP contribution in [0.25, 0.3) is 0 Å². The molecule has 0 aliphatic heterocycles. The fourth-order valence-electron chi connectivity index (χ4n) is 5.32. The molecule has 0 bridgehead atoms. The van der Waals surface area contributed by atoms with Crippen LogP contribution in [0.5, 0.6) is 5.75 Å². The van der Waals surface area contributed by atoms with Crippen LogP contribution < -0.4 is 15.4 Å². The zero-order chi connectivity index (χ0) is 34.6. The molecular formula is C40H50N2O6. The van der Waals surface area contributed by atoms with Crippen molar-refractivity contribution >= 4 is 17.8 Å². The monoisotopic (exact) mass is 654 g/mol. The quantitative estimate of drug-likeness (QED) is 0.0683. The molecule has 0 saturated heterocycles.